The third-order valence-electron chi connectivity index (χ3n) is 2.56. The van der Waals surface area contributed by atoms with Crippen LogP contribution in [0.5, 0.6) is 0 Å². The zero-order valence-corrected chi connectivity index (χ0v) is 9.99. The zero-order valence-electron chi connectivity index (χ0n) is 9.99. The van der Waals surface area contributed by atoms with Gasteiger partial charge in [0.2, 0.25) is 0 Å². The van der Waals surface area contributed by atoms with Gasteiger partial charge < -0.3 is 4.57 Å². The average Bonchev–Trinajstić information content (AvgIpc) is 2.54. The molecule has 0 spiro atoms. The Morgan fingerprint density at radius 1 is 1.60 bits per heavy atom. The Hall–Kier alpha value is -1.38. The van der Waals surface area contributed by atoms with Crippen LogP contribution in [0.25, 0.3) is 6.08 Å². The molecule has 0 saturated carbocycles. The van der Waals surface area contributed by atoms with E-state index in [4.69, 9.17) is 0 Å². The lowest BCUT2D eigenvalue weighted by atomic mass is 10.2. The van der Waals surface area contributed by atoms with Crippen molar-refractivity contribution < 1.29 is 0 Å². The van der Waals surface area contributed by atoms with Crippen molar-refractivity contribution >= 4 is 18.1 Å². The first-order valence-electron chi connectivity index (χ1n) is 5.35. The van der Waals surface area contributed by atoms with Crippen LogP contribution in [0.3, 0.4) is 0 Å². The molecule has 1 unspecified atom stereocenters. The standard InChI is InChI=1S/C12H19N3/c1-6-9(4)15-10(5)14-11(7-2)12(15)13-8-3/h7-9H,2,6H2,1,3-5H3/b13-8-. The quantitative estimate of drug-likeness (QED) is 0.691. The van der Waals surface area contributed by atoms with Crippen LogP contribution in [-0.4, -0.2) is 15.8 Å². The van der Waals surface area contributed by atoms with Gasteiger partial charge in [0.15, 0.2) is 5.82 Å². The highest BCUT2D eigenvalue weighted by Crippen LogP contribution is 2.27. The fourth-order valence-corrected chi connectivity index (χ4v) is 1.65. The minimum absolute atomic E-state index is 0.421. The first-order valence-corrected chi connectivity index (χ1v) is 5.35. The molecule has 3 nitrogen and oxygen atoms in total. The first-order chi connectivity index (χ1) is 7.15. The number of imidazole rings is 1. The molecular weight excluding hydrogens is 186 g/mol. The molecule has 0 aliphatic heterocycles. The van der Waals surface area contributed by atoms with E-state index in [2.05, 4.69) is 35.0 Å². The normalized spacial score (nSPS) is 13.3. The molecule has 1 rings (SSSR count). The van der Waals surface area contributed by atoms with Crippen LogP contribution in [0.2, 0.25) is 0 Å². The van der Waals surface area contributed by atoms with Crippen LogP contribution in [0.4, 0.5) is 5.82 Å². The Bertz CT molecular complexity index is 374. The van der Waals surface area contributed by atoms with Gasteiger partial charge in [0, 0.05) is 12.3 Å². The van der Waals surface area contributed by atoms with E-state index < -0.39 is 0 Å². The number of hydrogen-bond acceptors (Lipinski definition) is 2. The first kappa shape index (κ1) is 11.7. The van der Waals surface area contributed by atoms with Crippen molar-refractivity contribution in [3.05, 3.63) is 18.1 Å². The molecule has 3 heteroatoms. The highest BCUT2D eigenvalue weighted by Gasteiger charge is 2.14. The van der Waals surface area contributed by atoms with E-state index in [1.165, 1.54) is 0 Å². The number of aryl methyl sites for hydroxylation is 1. The summed E-state index contributed by atoms with van der Waals surface area (Å²) in [5, 5.41) is 0. The zero-order chi connectivity index (χ0) is 11.4. The molecule has 0 radical (unpaired) electrons. The summed E-state index contributed by atoms with van der Waals surface area (Å²) in [6, 6.07) is 0.421. The van der Waals surface area contributed by atoms with E-state index in [0.29, 0.717) is 6.04 Å². The Labute approximate surface area is 91.6 Å². The molecule has 0 amide bonds. The Morgan fingerprint density at radius 3 is 2.73 bits per heavy atom. The van der Waals surface area contributed by atoms with E-state index in [0.717, 1.165) is 23.8 Å². The maximum absolute atomic E-state index is 4.45. The van der Waals surface area contributed by atoms with Crippen molar-refractivity contribution in [1.82, 2.24) is 9.55 Å². The lowest BCUT2D eigenvalue weighted by molar-refractivity contribution is 0.522. The third-order valence-corrected chi connectivity index (χ3v) is 2.56. The minimum Gasteiger partial charge on any atom is -0.310 e. The van der Waals surface area contributed by atoms with Gasteiger partial charge in [-0.05, 0) is 33.3 Å². The maximum atomic E-state index is 4.45. The number of aromatic nitrogens is 2. The summed E-state index contributed by atoms with van der Waals surface area (Å²) in [7, 11) is 0. The van der Waals surface area contributed by atoms with Crippen molar-refractivity contribution in [3.8, 4) is 0 Å². The largest absolute Gasteiger partial charge is 0.310 e. The molecule has 1 heterocycles. The second kappa shape index (κ2) is 4.91. The maximum Gasteiger partial charge on any atom is 0.159 e. The predicted octanol–water partition coefficient (Wildman–Crippen LogP) is 3.53. The summed E-state index contributed by atoms with van der Waals surface area (Å²) in [6.45, 7) is 12.0. The second-order valence-electron chi connectivity index (χ2n) is 3.59. The summed E-state index contributed by atoms with van der Waals surface area (Å²) in [5.74, 6) is 1.92. The van der Waals surface area contributed by atoms with Gasteiger partial charge in [-0.15, -0.1) is 0 Å². The number of aliphatic imine (C=N–C) groups is 1. The molecule has 0 aromatic carbocycles. The molecule has 0 saturated heterocycles. The SMILES string of the molecule is C=Cc1nc(C)n(C(C)CC)c1/N=C\C. The minimum atomic E-state index is 0.421. The summed E-state index contributed by atoms with van der Waals surface area (Å²) in [5.41, 5.74) is 0.867. The second-order valence-corrected chi connectivity index (χ2v) is 3.59. The predicted molar refractivity (Wildman–Crippen MR) is 65.9 cm³/mol. The van der Waals surface area contributed by atoms with Crippen LogP contribution < -0.4 is 0 Å². The Balaban J connectivity index is 3.34. The Morgan fingerprint density at radius 2 is 2.27 bits per heavy atom. The number of rotatable bonds is 4. The van der Waals surface area contributed by atoms with Crippen molar-refractivity contribution in [2.75, 3.05) is 0 Å². The van der Waals surface area contributed by atoms with Crippen molar-refractivity contribution in [2.24, 2.45) is 4.99 Å². The van der Waals surface area contributed by atoms with Crippen molar-refractivity contribution in [3.63, 3.8) is 0 Å². The van der Waals surface area contributed by atoms with Gasteiger partial charge in [-0.1, -0.05) is 13.5 Å². The highest BCUT2D eigenvalue weighted by atomic mass is 15.2. The molecule has 0 aliphatic carbocycles. The van der Waals surface area contributed by atoms with Crippen LogP contribution in [-0.2, 0) is 0 Å². The van der Waals surface area contributed by atoms with Gasteiger partial charge in [0.05, 0.1) is 0 Å². The van der Waals surface area contributed by atoms with E-state index in [1.54, 1.807) is 12.3 Å². The van der Waals surface area contributed by atoms with E-state index in [1.807, 2.05) is 13.8 Å². The molecule has 15 heavy (non-hydrogen) atoms. The van der Waals surface area contributed by atoms with Crippen molar-refractivity contribution in [1.29, 1.82) is 0 Å². The fourth-order valence-electron chi connectivity index (χ4n) is 1.65. The smallest absolute Gasteiger partial charge is 0.159 e. The molecule has 1 aromatic rings. The topological polar surface area (TPSA) is 30.2 Å². The molecule has 0 fully saturated rings. The summed E-state index contributed by atoms with van der Waals surface area (Å²) in [6.07, 6.45) is 4.62. The van der Waals surface area contributed by atoms with E-state index in [-0.39, 0.29) is 0 Å². The van der Waals surface area contributed by atoms with Gasteiger partial charge in [-0.2, -0.15) is 0 Å². The molecular formula is C12H19N3. The van der Waals surface area contributed by atoms with Gasteiger partial charge in [-0.25, -0.2) is 9.98 Å². The van der Waals surface area contributed by atoms with Crippen LogP contribution >= 0.6 is 0 Å². The van der Waals surface area contributed by atoms with Gasteiger partial charge in [-0.3, -0.25) is 0 Å². The Kier molecular flexibility index (Phi) is 3.83. The molecule has 1 aromatic heterocycles. The van der Waals surface area contributed by atoms with Crippen LogP contribution in [0.15, 0.2) is 11.6 Å². The highest BCUT2D eigenvalue weighted by molar-refractivity contribution is 5.65. The monoisotopic (exact) mass is 205 g/mol. The van der Waals surface area contributed by atoms with E-state index >= 15 is 0 Å². The lowest BCUT2D eigenvalue weighted by Crippen LogP contribution is -2.05. The van der Waals surface area contributed by atoms with Gasteiger partial charge in [0.25, 0.3) is 0 Å². The van der Waals surface area contributed by atoms with Crippen LogP contribution in [0, 0.1) is 6.92 Å². The number of nitrogens with zero attached hydrogens (tertiary/aromatic N) is 3. The van der Waals surface area contributed by atoms with Gasteiger partial charge >= 0.3 is 0 Å². The fraction of sp³-hybridized carbons (Fsp3) is 0.500. The van der Waals surface area contributed by atoms with Crippen LogP contribution in [0.1, 0.15) is 44.8 Å². The lowest BCUT2D eigenvalue weighted by Gasteiger charge is -2.14. The summed E-state index contributed by atoms with van der Waals surface area (Å²) in [4.78, 5) is 8.82. The third kappa shape index (κ3) is 2.17. The molecule has 82 valence electrons. The average molecular weight is 205 g/mol. The molecule has 1 atom stereocenters. The van der Waals surface area contributed by atoms with E-state index in [9.17, 15) is 0 Å². The van der Waals surface area contributed by atoms with Gasteiger partial charge in [0.1, 0.15) is 11.5 Å². The summed E-state index contributed by atoms with van der Waals surface area (Å²) < 4.78 is 2.16. The van der Waals surface area contributed by atoms with Crippen molar-refractivity contribution in [2.45, 2.75) is 40.2 Å². The summed E-state index contributed by atoms with van der Waals surface area (Å²) >= 11 is 0. The number of hydrogen-bond donors (Lipinski definition) is 0. The molecule has 0 bridgehead atoms. The molecule has 0 aliphatic rings. The molecule has 0 N–H and O–H groups in total.